The van der Waals surface area contributed by atoms with Crippen molar-refractivity contribution in [2.75, 3.05) is 13.2 Å². The summed E-state index contributed by atoms with van der Waals surface area (Å²) in [6, 6.07) is 0. The van der Waals surface area contributed by atoms with Crippen LogP contribution in [-0.2, 0) is 23.7 Å². The predicted octanol–water partition coefficient (Wildman–Crippen LogP) is 5.79. The molecule has 2 unspecified atom stereocenters. The predicted molar refractivity (Wildman–Crippen MR) is 141 cm³/mol. The first-order chi connectivity index (χ1) is 18.5. The lowest BCUT2D eigenvalue weighted by molar-refractivity contribution is -0.172. The molecule has 5 saturated carbocycles. The summed E-state index contributed by atoms with van der Waals surface area (Å²) in [5, 5.41) is 20.7. The fourth-order valence-corrected chi connectivity index (χ4v) is 9.46. The van der Waals surface area contributed by atoms with E-state index in [9.17, 15) is 15.0 Å². The summed E-state index contributed by atoms with van der Waals surface area (Å²) in [4.78, 5) is 11.8. The molecule has 7 aliphatic rings. The van der Waals surface area contributed by atoms with E-state index in [1.54, 1.807) is 0 Å². The molecule has 7 rings (SSSR count). The van der Waals surface area contributed by atoms with E-state index in [1.807, 2.05) is 0 Å². The summed E-state index contributed by atoms with van der Waals surface area (Å²) in [5.74, 6) is 2.01. The molecule has 6 atom stereocenters. The Hall–Kier alpha value is -1.15. The fourth-order valence-electron chi connectivity index (χ4n) is 9.46. The van der Waals surface area contributed by atoms with Gasteiger partial charge in [0.1, 0.15) is 5.76 Å². The number of unbranched alkanes of at least 4 members (excludes halogenated alkanes) is 1. The molecule has 0 aromatic heterocycles. The van der Waals surface area contributed by atoms with E-state index >= 15 is 0 Å². The van der Waals surface area contributed by atoms with Crippen molar-refractivity contribution in [3.05, 3.63) is 11.8 Å². The molecule has 0 amide bonds. The SMILES string of the molecule is O=C(O)C[C@@H]1[C@@H](C(=CCCCC23CC4CC(CC(C4)C2)C3)OC2CCCCO2)[C@H](OC2CCCO2)C[C@@H]1O. The molecule has 0 aromatic rings. The summed E-state index contributed by atoms with van der Waals surface area (Å²) in [6.07, 6.45) is 17.6. The Bertz CT molecular complexity index is 808. The molecule has 214 valence electrons. The standard InChI is InChI=1S/C31H48O7/c32-24-16-26(38-29-8-5-11-36-29)30(23(24)15-27(33)34)25(37-28-7-2-4-10-35-28)6-1-3-9-31-17-20-12-21(18-31)14-22(13-20)19-31/h6,20-24,26,28-30,32H,1-5,7-19H2,(H,33,34)/t20?,21?,22?,23-,24-,26+,28?,29?,30-,31?/m0/s1. The summed E-state index contributed by atoms with van der Waals surface area (Å²) >= 11 is 0. The molecule has 0 aromatic carbocycles. The van der Waals surface area contributed by atoms with Gasteiger partial charge in [0, 0.05) is 37.7 Å². The average Bonchev–Trinajstić information content (AvgIpc) is 3.48. The van der Waals surface area contributed by atoms with Crippen molar-refractivity contribution < 1.29 is 34.0 Å². The minimum absolute atomic E-state index is 0.100. The zero-order valence-corrected chi connectivity index (χ0v) is 22.9. The number of carbonyl (C=O) groups is 1. The van der Waals surface area contributed by atoms with Gasteiger partial charge in [-0.25, -0.2) is 0 Å². The van der Waals surface area contributed by atoms with Crippen molar-refractivity contribution in [3.63, 3.8) is 0 Å². The van der Waals surface area contributed by atoms with Gasteiger partial charge in [0.15, 0.2) is 12.6 Å². The maximum absolute atomic E-state index is 11.8. The normalized spacial score (nSPS) is 44.6. The lowest BCUT2D eigenvalue weighted by Gasteiger charge is -2.57. The van der Waals surface area contributed by atoms with Crippen LogP contribution in [0.15, 0.2) is 11.8 Å². The Labute approximate surface area is 227 Å². The second-order valence-electron chi connectivity index (χ2n) is 13.5. The number of ether oxygens (including phenoxy) is 4. The molecule has 4 bridgehead atoms. The van der Waals surface area contributed by atoms with E-state index < -0.39 is 18.0 Å². The molecule has 0 spiro atoms. The molecular formula is C31H48O7. The van der Waals surface area contributed by atoms with E-state index in [0.29, 0.717) is 25.0 Å². The van der Waals surface area contributed by atoms with E-state index in [2.05, 4.69) is 6.08 Å². The zero-order chi connectivity index (χ0) is 26.1. The van der Waals surface area contributed by atoms with E-state index in [0.717, 1.165) is 68.5 Å². The van der Waals surface area contributed by atoms with Crippen molar-refractivity contribution in [1.82, 2.24) is 0 Å². The van der Waals surface area contributed by atoms with Crippen LogP contribution in [0, 0.1) is 35.0 Å². The van der Waals surface area contributed by atoms with Gasteiger partial charge in [0.05, 0.1) is 25.2 Å². The van der Waals surface area contributed by atoms with Gasteiger partial charge in [-0.2, -0.15) is 0 Å². The second kappa shape index (κ2) is 11.8. The summed E-state index contributed by atoms with van der Waals surface area (Å²) in [7, 11) is 0. The maximum Gasteiger partial charge on any atom is 0.303 e. The highest BCUT2D eigenvalue weighted by Crippen LogP contribution is 2.61. The van der Waals surface area contributed by atoms with Crippen LogP contribution in [0.3, 0.4) is 0 Å². The number of hydrogen-bond acceptors (Lipinski definition) is 6. The Kier molecular flexibility index (Phi) is 8.37. The van der Waals surface area contributed by atoms with Crippen molar-refractivity contribution in [2.45, 2.75) is 128 Å². The molecule has 38 heavy (non-hydrogen) atoms. The highest BCUT2D eigenvalue weighted by atomic mass is 16.7. The van der Waals surface area contributed by atoms with Crippen LogP contribution in [-0.4, -0.2) is 54.2 Å². The first kappa shape index (κ1) is 27.0. The molecule has 7 nitrogen and oxygen atoms in total. The van der Waals surface area contributed by atoms with Crippen LogP contribution < -0.4 is 0 Å². The van der Waals surface area contributed by atoms with Gasteiger partial charge in [-0.05, 0) is 106 Å². The van der Waals surface area contributed by atoms with Crippen molar-refractivity contribution in [3.8, 4) is 0 Å². The minimum Gasteiger partial charge on any atom is -0.481 e. The molecule has 7 fully saturated rings. The Morgan fingerprint density at radius 3 is 2.24 bits per heavy atom. The van der Waals surface area contributed by atoms with Crippen molar-refractivity contribution >= 4 is 5.97 Å². The maximum atomic E-state index is 11.8. The van der Waals surface area contributed by atoms with Gasteiger partial charge < -0.3 is 29.2 Å². The summed E-state index contributed by atoms with van der Waals surface area (Å²) < 4.78 is 24.6. The lowest BCUT2D eigenvalue weighted by Crippen LogP contribution is -2.45. The smallest absolute Gasteiger partial charge is 0.303 e. The first-order valence-corrected chi connectivity index (χ1v) is 15.6. The third kappa shape index (κ3) is 6.11. The molecule has 2 heterocycles. The van der Waals surface area contributed by atoms with Crippen LogP contribution in [0.1, 0.15) is 103 Å². The van der Waals surface area contributed by atoms with Gasteiger partial charge >= 0.3 is 5.97 Å². The van der Waals surface area contributed by atoms with Crippen LogP contribution in [0.2, 0.25) is 0 Å². The number of hydrogen-bond donors (Lipinski definition) is 2. The number of aliphatic carboxylic acids is 1. The zero-order valence-electron chi connectivity index (χ0n) is 22.9. The van der Waals surface area contributed by atoms with E-state index in [4.69, 9.17) is 18.9 Å². The Morgan fingerprint density at radius 2 is 1.61 bits per heavy atom. The third-order valence-electron chi connectivity index (χ3n) is 10.6. The molecule has 2 saturated heterocycles. The third-order valence-corrected chi connectivity index (χ3v) is 10.6. The van der Waals surface area contributed by atoms with E-state index in [1.165, 1.54) is 44.9 Å². The summed E-state index contributed by atoms with van der Waals surface area (Å²) in [6.45, 7) is 1.37. The average molecular weight is 533 g/mol. The molecular weight excluding hydrogens is 484 g/mol. The number of allylic oxidation sites excluding steroid dienone is 1. The van der Waals surface area contributed by atoms with Crippen molar-refractivity contribution in [1.29, 1.82) is 0 Å². The molecule has 2 aliphatic heterocycles. The molecule has 0 radical (unpaired) electrons. The highest BCUT2D eigenvalue weighted by Gasteiger charge is 2.51. The quantitative estimate of drug-likeness (QED) is 0.257. The van der Waals surface area contributed by atoms with Gasteiger partial charge in [-0.3, -0.25) is 4.79 Å². The largest absolute Gasteiger partial charge is 0.481 e. The Morgan fingerprint density at radius 1 is 0.921 bits per heavy atom. The summed E-state index contributed by atoms with van der Waals surface area (Å²) in [5.41, 5.74) is 0.553. The Balaban J connectivity index is 1.18. The van der Waals surface area contributed by atoms with Gasteiger partial charge in [-0.15, -0.1) is 0 Å². The molecule has 5 aliphatic carbocycles. The monoisotopic (exact) mass is 532 g/mol. The van der Waals surface area contributed by atoms with Gasteiger partial charge in [0.2, 0.25) is 0 Å². The highest BCUT2D eigenvalue weighted by molar-refractivity contribution is 5.67. The molecule has 7 heteroatoms. The second-order valence-corrected chi connectivity index (χ2v) is 13.5. The van der Waals surface area contributed by atoms with Crippen LogP contribution in [0.25, 0.3) is 0 Å². The van der Waals surface area contributed by atoms with Gasteiger partial charge in [-0.1, -0.05) is 0 Å². The van der Waals surface area contributed by atoms with Crippen molar-refractivity contribution in [2.24, 2.45) is 35.0 Å². The topological polar surface area (TPSA) is 94.5 Å². The van der Waals surface area contributed by atoms with Crippen LogP contribution in [0.4, 0.5) is 0 Å². The molecule has 2 N–H and O–H groups in total. The van der Waals surface area contributed by atoms with Crippen LogP contribution in [0.5, 0.6) is 0 Å². The fraction of sp³-hybridized carbons (Fsp3) is 0.903. The minimum atomic E-state index is -0.896. The van der Waals surface area contributed by atoms with Crippen LogP contribution >= 0.6 is 0 Å². The van der Waals surface area contributed by atoms with E-state index in [-0.39, 0.29) is 31.0 Å². The number of aliphatic hydroxyl groups excluding tert-OH is 1. The van der Waals surface area contributed by atoms with Gasteiger partial charge in [0.25, 0.3) is 0 Å². The first-order valence-electron chi connectivity index (χ1n) is 15.6. The lowest BCUT2D eigenvalue weighted by atomic mass is 9.48. The number of rotatable bonds is 11. The number of aliphatic hydroxyl groups is 1. The number of carboxylic acid groups (broad SMARTS) is 1. The number of carboxylic acids is 1.